The van der Waals surface area contributed by atoms with Crippen molar-refractivity contribution in [3.63, 3.8) is 0 Å². The average molecular weight is 281 g/mol. The molecular weight excluding hydrogens is 266 g/mol. The highest BCUT2D eigenvalue weighted by molar-refractivity contribution is 7.13. The van der Waals surface area contributed by atoms with Crippen molar-refractivity contribution >= 4 is 22.4 Å². The molecule has 0 unspecified atom stereocenters. The van der Waals surface area contributed by atoms with E-state index in [1.807, 2.05) is 13.8 Å². The van der Waals surface area contributed by atoms with E-state index in [4.69, 9.17) is 0 Å². The Labute approximate surface area is 113 Å². The number of rotatable bonds is 4. The third kappa shape index (κ3) is 2.90. The molecule has 2 rings (SSSR count). The number of H-pyrrole nitrogens is 1. The molecule has 102 valence electrons. The molecule has 0 saturated carbocycles. The number of carbonyl (C=O) groups is 1. The summed E-state index contributed by atoms with van der Waals surface area (Å²) in [7, 11) is 0. The standard InChI is InChI=1S/C11H15N5O2S/c1-6(2)4-16-10(18)8(7(3)15-16)9(17)13-11-14-12-5-19-11/h5-6,15H,4H2,1-3H3,(H,13,14,17). The number of hydrogen-bond donors (Lipinski definition) is 2. The summed E-state index contributed by atoms with van der Waals surface area (Å²) < 4.78 is 1.45. The Bertz CT molecular complexity index is 626. The summed E-state index contributed by atoms with van der Waals surface area (Å²) in [5, 5.41) is 13.2. The van der Waals surface area contributed by atoms with Gasteiger partial charge in [0.1, 0.15) is 11.1 Å². The summed E-state index contributed by atoms with van der Waals surface area (Å²) in [4.78, 5) is 24.2. The van der Waals surface area contributed by atoms with Gasteiger partial charge in [0.2, 0.25) is 5.13 Å². The lowest BCUT2D eigenvalue weighted by molar-refractivity contribution is 0.102. The van der Waals surface area contributed by atoms with Crippen molar-refractivity contribution in [1.82, 2.24) is 20.0 Å². The first-order chi connectivity index (χ1) is 8.99. The minimum atomic E-state index is -0.460. The fourth-order valence-corrected chi connectivity index (χ4v) is 2.19. The largest absolute Gasteiger partial charge is 0.299 e. The van der Waals surface area contributed by atoms with Gasteiger partial charge in [-0.15, -0.1) is 10.2 Å². The molecule has 0 radical (unpaired) electrons. The number of hydrogen-bond acceptors (Lipinski definition) is 5. The minimum Gasteiger partial charge on any atom is -0.299 e. The maximum Gasteiger partial charge on any atom is 0.279 e. The Morgan fingerprint density at radius 1 is 1.58 bits per heavy atom. The van der Waals surface area contributed by atoms with E-state index in [1.165, 1.54) is 21.5 Å². The van der Waals surface area contributed by atoms with Crippen LogP contribution in [0.2, 0.25) is 0 Å². The maximum absolute atomic E-state index is 12.1. The Kier molecular flexibility index (Phi) is 3.79. The molecule has 19 heavy (non-hydrogen) atoms. The summed E-state index contributed by atoms with van der Waals surface area (Å²) >= 11 is 1.20. The molecule has 2 aromatic heterocycles. The van der Waals surface area contributed by atoms with Crippen LogP contribution >= 0.6 is 11.3 Å². The van der Waals surface area contributed by atoms with Gasteiger partial charge < -0.3 is 0 Å². The molecule has 2 heterocycles. The molecule has 0 aliphatic heterocycles. The molecule has 0 aliphatic carbocycles. The van der Waals surface area contributed by atoms with Gasteiger partial charge >= 0.3 is 0 Å². The molecule has 2 N–H and O–H groups in total. The van der Waals surface area contributed by atoms with E-state index in [0.29, 0.717) is 23.3 Å². The summed E-state index contributed by atoms with van der Waals surface area (Å²) in [6, 6.07) is 0. The van der Waals surface area contributed by atoms with Crippen molar-refractivity contribution in [2.45, 2.75) is 27.3 Å². The topological polar surface area (TPSA) is 92.7 Å². The highest BCUT2D eigenvalue weighted by Crippen LogP contribution is 2.10. The molecule has 7 nitrogen and oxygen atoms in total. The van der Waals surface area contributed by atoms with Crippen molar-refractivity contribution in [2.75, 3.05) is 5.32 Å². The summed E-state index contributed by atoms with van der Waals surface area (Å²) in [5.41, 5.74) is 1.87. The monoisotopic (exact) mass is 281 g/mol. The molecule has 0 bridgehead atoms. The van der Waals surface area contributed by atoms with Gasteiger partial charge in [-0.3, -0.25) is 24.7 Å². The zero-order valence-electron chi connectivity index (χ0n) is 10.9. The van der Waals surface area contributed by atoms with Gasteiger partial charge in [-0.1, -0.05) is 25.2 Å². The molecule has 2 aromatic rings. The number of aryl methyl sites for hydroxylation is 1. The van der Waals surface area contributed by atoms with E-state index >= 15 is 0 Å². The van der Waals surface area contributed by atoms with Crippen LogP contribution in [0.3, 0.4) is 0 Å². The van der Waals surface area contributed by atoms with Crippen LogP contribution in [0.4, 0.5) is 5.13 Å². The number of nitrogens with zero attached hydrogens (tertiary/aromatic N) is 3. The number of aromatic amines is 1. The lowest BCUT2D eigenvalue weighted by atomic mass is 10.2. The summed E-state index contributed by atoms with van der Waals surface area (Å²) in [6.45, 7) is 6.26. The highest BCUT2D eigenvalue weighted by atomic mass is 32.1. The molecule has 8 heteroatoms. The molecule has 0 aliphatic rings. The van der Waals surface area contributed by atoms with E-state index in [1.54, 1.807) is 6.92 Å². The van der Waals surface area contributed by atoms with Gasteiger partial charge in [-0.25, -0.2) is 0 Å². The summed E-state index contributed by atoms with van der Waals surface area (Å²) in [5.74, 6) is -0.146. The van der Waals surface area contributed by atoms with Crippen LogP contribution in [-0.4, -0.2) is 25.9 Å². The number of aromatic nitrogens is 4. The molecule has 0 saturated heterocycles. The van der Waals surface area contributed by atoms with Gasteiger partial charge in [0.05, 0.1) is 0 Å². The lowest BCUT2D eigenvalue weighted by Gasteiger charge is -2.03. The fourth-order valence-electron chi connectivity index (χ4n) is 1.75. The van der Waals surface area contributed by atoms with Crippen molar-refractivity contribution in [3.05, 3.63) is 27.1 Å². The van der Waals surface area contributed by atoms with E-state index in [9.17, 15) is 9.59 Å². The average Bonchev–Trinajstić information content (AvgIpc) is 2.88. The van der Waals surface area contributed by atoms with Crippen LogP contribution in [0, 0.1) is 12.8 Å². The zero-order valence-corrected chi connectivity index (χ0v) is 11.7. The van der Waals surface area contributed by atoms with Crippen LogP contribution in [-0.2, 0) is 6.54 Å². The fraction of sp³-hybridized carbons (Fsp3) is 0.455. The maximum atomic E-state index is 12.1. The van der Waals surface area contributed by atoms with Crippen molar-refractivity contribution in [3.8, 4) is 0 Å². The van der Waals surface area contributed by atoms with Crippen molar-refractivity contribution in [2.24, 2.45) is 5.92 Å². The number of carbonyl (C=O) groups excluding carboxylic acids is 1. The van der Waals surface area contributed by atoms with E-state index in [2.05, 4.69) is 20.6 Å². The SMILES string of the molecule is Cc1[nH]n(CC(C)C)c(=O)c1C(=O)Nc1nncs1. The van der Waals surface area contributed by atoms with Crippen molar-refractivity contribution in [1.29, 1.82) is 0 Å². The van der Waals surface area contributed by atoms with Crippen LogP contribution in [0.1, 0.15) is 29.9 Å². The second-order valence-corrected chi connectivity index (χ2v) is 5.45. The third-order valence-electron chi connectivity index (χ3n) is 2.49. The molecule has 0 fully saturated rings. The molecule has 0 atom stereocenters. The third-order valence-corrected chi connectivity index (χ3v) is 3.10. The van der Waals surface area contributed by atoms with E-state index in [-0.39, 0.29) is 11.1 Å². The van der Waals surface area contributed by atoms with Gasteiger partial charge in [0, 0.05) is 12.2 Å². The van der Waals surface area contributed by atoms with Gasteiger partial charge in [-0.05, 0) is 12.8 Å². The van der Waals surface area contributed by atoms with Crippen LogP contribution < -0.4 is 10.9 Å². The minimum absolute atomic E-state index is 0.121. The van der Waals surface area contributed by atoms with Crippen LogP contribution in [0.5, 0.6) is 0 Å². The molecule has 1 amide bonds. The van der Waals surface area contributed by atoms with Crippen molar-refractivity contribution < 1.29 is 4.79 Å². The Morgan fingerprint density at radius 2 is 2.32 bits per heavy atom. The first-order valence-electron chi connectivity index (χ1n) is 5.86. The first-order valence-corrected chi connectivity index (χ1v) is 6.74. The number of anilines is 1. The quantitative estimate of drug-likeness (QED) is 0.882. The number of amides is 1. The first kappa shape index (κ1) is 13.5. The lowest BCUT2D eigenvalue weighted by Crippen LogP contribution is -2.26. The van der Waals surface area contributed by atoms with Gasteiger partial charge in [0.25, 0.3) is 11.5 Å². The smallest absolute Gasteiger partial charge is 0.279 e. The second kappa shape index (κ2) is 5.35. The Morgan fingerprint density at radius 3 is 2.89 bits per heavy atom. The Hall–Kier alpha value is -1.96. The van der Waals surface area contributed by atoms with E-state index < -0.39 is 5.91 Å². The predicted octanol–water partition coefficient (Wildman–Crippen LogP) is 1.24. The Balaban J connectivity index is 2.27. The molecular formula is C11H15N5O2S. The van der Waals surface area contributed by atoms with Crippen LogP contribution in [0.25, 0.3) is 0 Å². The summed E-state index contributed by atoms with van der Waals surface area (Å²) in [6.07, 6.45) is 0. The predicted molar refractivity (Wildman–Crippen MR) is 72.5 cm³/mol. The van der Waals surface area contributed by atoms with E-state index in [0.717, 1.165) is 0 Å². The number of nitrogens with one attached hydrogen (secondary N) is 2. The second-order valence-electron chi connectivity index (χ2n) is 4.62. The molecule has 0 aromatic carbocycles. The highest BCUT2D eigenvalue weighted by Gasteiger charge is 2.19. The normalized spacial score (nSPS) is 10.9. The van der Waals surface area contributed by atoms with Crippen LogP contribution in [0.15, 0.2) is 10.3 Å². The zero-order chi connectivity index (χ0) is 14.0. The van der Waals surface area contributed by atoms with Gasteiger partial charge in [0.15, 0.2) is 0 Å². The van der Waals surface area contributed by atoms with Gasteiger partial charge in [-0.2, -0.15) is 0 Å². The molecule has 0 spiro atoms.